The number of rotatable bonds is 6. The molecular formula is C16H23FN4O. The second-order valence-electron chi connectivity index (χ2n) is 6.44. The summed E-state index contributed by atoms with van der Waals surface area (Å²) in [7, 11) is 0. The van der Waals surface area contributed by atoms with Crippen molar-refractivity contribution in [3.8, 4) is 0 Å². The van der Waals surface area contributed by atoms with E-state index in [0.717, 1.165) is 31.6 Å². The zero-order chi connectivity index (χ0) is 15.6. The summed E-state index contributed by atoms with van der Waals surface area (Å²) in [4.78, 5) is 22.5. The lowest BCUT2D eigenvalue weighted by molar-refractivity contribution is -0.130. The number of hydrogen-bond donors (Lipinski definition) is 1. The molecular weight excluding hydrogens is 283 g/mol. The standard InChI is InChI=1S/C16H23FN4O/c1-12(15(22)21-8-2-3-9-21)20-14-10-13(18-11-19-14)4-5-16(17)6-7-16/h10-12H,2-9H2,1H3,(H,18,19,20)/t12-/m1/s1. The number of amides is 1. The maximum Gasteiger partial charge on any atom is 0.244 e. The van der Waals surface area contributed by atoms with Crippen LogP contribution in [0.5, 0.6) is 0 Å². The van der Waals surface area contributed by atoms with E-state index in [9.17, 15) is 9.18 Å². The fourth-order valence-electron chi connectivity index (χ4n) is 2.85. The Hall–Kier alpha value is -1.72. The zero-order valence-corrected chi connectivity index (χ0v) is 13.0. The normalized spacial score (nSPS) is 20.7. The molecule has 1 aliphatic heterocycles. The fourth-order valence-corrected chi connectivity index (χ4v) is 2.85. The maximum absolute atomic E-state index is 13.7. The van der Waals surface area contributed by atoms with Crippen molar-refractivity contribution < 1.29 is 9.18 Å². The van der Waals surface area contributed by atoms with Gasteiger partial charge < -0.3 is 10.2 Å². The Bertz CT molecular complexity index is 541. The monoisotopic (exact) mass is 306 g/mol. The molecule has 1 amide bonds. The number of alkyl halides is 1. The van der Waals surface area contributed by atoms with Crippen LogP contribution in [-0.2, 0) is 11.2 Å². The minimum absolute atomic E-state index is 0.110. The molecule has 0 radical (unpaired) electrons. The third-order valence-electron chi connectivity index (χ3n) is 4.50. The first-order valence-corrected chi connectivity index (χ1v) is 8.11. The van der Waals surface area contributed by atoms with Crippen LogP contribution in [0.25, 0.3) is 0 Å². The van der Waals surface area contributed by atoms with Gasteiger partial charge in [0.1, 0.15) is 23.9 Å². The third-order valence-corrected chi connectivity index (χ3v) is 4.50. The number of hydrogen-bond acceptors (Lipinski definition) is 4. The molecule has 6 heteroatoms. The van der Waals surface area contributed by atoms with E-state index in [2.05, 4.69) is 15.3 Å². The molecule has 2 aliphatic rings. The number of aryl methyl sites for hydroxylation is 1. The van der Waals surface area contributed by atoms with Gasteiger partial charge in [-0.2, -0.15) is 0 Å². The van der Waals surface area contributed by atoms with Gasteiger partial charge in [-0.05, 0) is 45.4 Å². The number of carbonyl (C=O) groups excluding carboxylic acids is 1. The molecule has 3 rings (SSSR count). The van der Waals surface area contributed by atoms with Crippen molar-refractivity contribution in [2.24, 2.45) is 0 Å². The zero-order valence-electron chi connectivity index (χ0n) is 13.0. The van der Waals surface area contributed by atoms with E-state index in [1.54, 1.807) is 0 Å². The highest BCUT2D eigenvalue weighted by Gasteiger charge is 2.42. The Balaban J connectivity index is 1.55. The van der Waals surface area contributed by atoms with Crippen LogP contribution in [0, 0.1) is 0 Å². The van der Waals surface area contributed by atoms with Crippen molar-refractivity contribution in [2.45, 2.75) is 57.2 Å². The molecule has 1 saturated carbocycles. The number of halogens is 1. The first-order valence-electron chi connectivity index (χ1n) is 8.11. The SMILES string of the molecule is C[C@@H](Nc1cc(CCC2(F)CC2)ncn1)C(=O)N1CCCC1. The molecule has 120 valence electrons. The average Bonchev–Trinajstić information content (AvgIpc) is 3.03. The summed E-state index contributed by atoms with van der Waals surface area (Å²) >= 11 is 0. The molecule has 0 unspecified atom stereocenters. The van der Waals surface area contributed by atoms with Gasteiger partial charge in [-0.3, -0.25) is 4.79 Å². The largest absolute Gasteiger partial charge is 0.359 e. The van der Waals surface area contributed by atoms with E-state index in [4.69, 9.17) is 0 Å². The lowest BCUT2D eigenvalue weighted by Crippen LogP contribution is -2.39. The van der Waals surface area contributed by atoms with E-state index in [-0.39, 0.29) is 11.9 Å². The minimum Gasteiger partial charge on any atom is -0.359 e. The van der Waals surface area contributed by atoms with Crippen LogP contribution in [0.2, 0.25) is 0 Å². The summed E-state index contributed by atoms with van der Waals surface area (Å²) in [5.41, 5.74) is -0.139. The Morgan fingerprint density at radius 3 is 2.82 bits per heavy atom. The van der Waals surface area contributed by atoms with Crippen molar-refractivity contribution in [1.29, 1.82) is 0 Å². The van der Waals surface area contributed by atoms with Crippen LogP contribution in [0.1, 0.15) is 44.7 Å². The van der Waals surface area contributed by atoms with E-state index in [1.807, 2.05) is 17.9 Å². The van der Waals surface area contributed by atoms with Crippen molar-refractivity contribution in [1.82, 2.24) is 14.9 Å². The van der Waals surface area contributed by atoms with Crippen molar-refractivity contribution in [3.05, 3.63) is 18.1 Å². The highest BCUT2D eigenvalue weighted by Crippen LogP contribution is 2.43. The van der Waals surface area contributed by atoms with Gasteiger partial charge in [0.05, 0.1) is 0 Å². The summed E-state index contributed by atoms with van der Waals surface area (Å²) in [6.45, 7) is 3.54. The number of aromatic nitrogens is 2. The van der Waals surface area contributed by atoms with Gasteiger partial charge >= 0.3 is 0 Å². The number of anilines is 1. The average molecular weight is 306 g/mol. The van der Waals surface area contributed by atoms with Crippen molar-refractivity contribution in [3.63, 3.8) is 0 Å². The second-order valence-corrected chi connectivity index (χ2v) is 6.44. The summed E-state index contributed by atoms with van der Waals surface area (Å²) in [6, 6.07) is 1.51. The molecule has 22 heavy (non-hydrogen) atoms. The van der Waals surface area contributed by atoms with Crippen LogP contribution in [0.3, 0.4) is 0 Å². The lowest BCUT2D eigenvalue weighted by Gasteiger charge is -2.21. The lowest BCUT2D eigenvalue weighted by atomic mass is 10.1. The van der Waals surface area contributed by atoms with Gasteiger partial charge in [0, 0.05) is 24.8 Å². The van der Waals surface area contributed by atoms with Gasteiger partial charge in [0.25, 0.3) is 0 Å². The predicted octanol–water partition coefficient (Wildman–Crippen LogP) is 2.33. The molecule has 1 aromatic heterocycles. The second kappa shape index (κ2) is 6.18. The molecule has 0 bridgehead atoms. The molecule has 1 saturated heterocycles. The Morgan fingerprint density at radius 1 is 1.41 bits per heavy atom. The smallest absolute Gasteiger partial charge is 0.244 e. The third kappa shape index (κ3) is 3.72. The Kier molecular flexibility index (Phi) is 4.27. The first kappa shape index (κ1) is 15.2. The Morgan fingerprint density at radius 2 is 2.14 bits per heavy atom. The van der Waals surface area contributed by atoms with E-state index in [1.165, 1.54) is 6.33 Å². The van der Waals surface area contributed by atoms with E-state index >= 15 is 0 Å². The van der Waals surface area contributed by atoms with Crippen molar-refractivity contribution in [2.75, 3.05) is 18.4 Å². The van der Waals surface area contributed by atoms with Gasteiger partial charge in [-0.1, -0.05) is 0 Å². The van der Waals surface area contributed by atoms with Crippen LogP contribution in [-0.4, -0.2) is 45.6 Å². The molecule has 1 N–H and O–H groups in total. The first-order chi connectivity index (χ1) is 10.6. The van der Waals surface area contributed by atoms with Gasteiger partial charge in [-0.15, -0.1) is 0 Å². The summed E-state index contributed by atoms with van der Waals surface area (Å²) in [6.07, 6.45) is 6.12. The summed E-state index contributed by atoms with van der Waals surface area (Å²) in [5.74, 6) is 0.743. The quantitative estimate of drug-likeness (QED) is 0.876. The fraction of sp³-hybridized carbons (Fsp3) is 0.688. The van der Waals surface area contributed by atoms with Gasteiger partial charge in [0.15, 0.2) is 0 Å². The Labute approximate surface area is 130 Å². The maximum atomic E-state index is 13.7. The molecule has 1 aliphatic carbocycles. The minimum atomic E-state index is -0.961. The number of nitrogens with one attached hydrogen (secondary N) is 1. The van der Waals surface area contributed by atoms with Gasteiger partial charge in [0.2, 0.25) is 5.91 Å². The van der Waals surface area contributed by atoms with Gasteiger partial charge in [-0.25, -0.2) is 14.4 Å². The van der Waals surface area contributed by atoms with Crippen LogP contribution in [0.4, 0.5) is 10.2 Å². The molecule has 0 spiro atoms. The van der Waals surface area contributed by atoms with Crippen LogP contribution < -0.4 is 5.32 Å². The summed E-state index contributed by atoms with van der Waals surface area (Å²) in [5, 5.41) is 3.14. The molecule has 1 atom stereocenters. The molecule has 5 nitrogen and oxygen atoms in total. The highest BCUT2D eigenvalue weighted by atomic mass is 19.1. The molecule has 1 aromatic rings. The number of likely N-dealkylation sites (tertiary alicyclic amines) is 1. The molecule has 2 heterocycles. The highest BCUT2D eigenvalue weighted by molar-refractivity contribution is 5.84. The van der Waals surface area contributed by atoms with Crippen LogP contribution >= 0.6 is 0 Å². The van der Waals surface area contributed by atoms with E-state index < -0.39 is 5.67 Å². The van der Waals surface area contributed by atoms with E-state index in [0.29, 0.717) is 31.5 Å². The molecule has 0 aromatic carbocycles. The summed E-state index contributed by atoms with van der Waals surface area (Å²) < 4.78 is 13.7. The van der Waals surface area contributed by atoms with Crippen molar-refractivity contribution >= 4 is 11.7 Å². The number of nitrogens with zero attached hydrogens (tertiary/aromatic N) is 3. The van der Waals surface area contributed by atoms with Crippen LogP contribution in [0.15, 0.2) is 12.4 Å². The number of carbonyl (C=O) groups is 1. The predicted molar refractivity (Wildman–Crippen MR) is 82.3 cm³/mol. The molecule has 2 fully saturated rings. The topological polar surface area (TPSA) is 58.1 Å².